The summed E-state index contributed by atoms with van der Waals surface area (Å²) in [4.78, 5) is 17.1. The van der Waals surface area contributed by atoms with E-state index in [9.17, 15) is 13.2 Å². The molecule has 7 nitrogen and oxygen atoms in total. The highest BCUT2D eigenvalue weighted by atomic mass is 32.2. The molecule has 0 saturated carbocycles. The number of piperidine rings is 1. The molecule has 0 aromatic carbocycles. The van der Waals surface area contributed by atoms with Crippen molar-refractivity contribution in [2.45, 2.75) is 65.3 Å². The lowest BCUT2D eigenvalue weighted by molar-refractivity contribution is 0.0926. The van der Waals surface area contributed by atoms with Gasteiger partial charge in [0.2, 0.25) is 0 Å². The van der Waals surface area contributed by atoms with Gasteiger partial charge in [0.05, 0.1) is 11.2 Å². The van der Waals surface area contributed by atoms with Crippen LogP contribution in [0.2, 0.25) is 0 Å². The van der Waals surface area contributed by atoms with Crippen molar-refractivity contribution in [2.75, 3.05) is 26.2 Å². The molecule has 154 valence electrons. The first-order valence-electron chi connectivity index (χ1n) is 9.86. The molecule has 0 unspecified atom stereocenters. The van der Waals surface area contributed by atoms with Crippen LogP contribution in [-0.2, 0) is 10.2 Å². The fourth-order valence-electron chi connectivity index (χ4n) is 3.18. The van der Waals surface area contributed by atoms with E-state index in [0.717, 1.165) is 31.4 Å². The monoisotopic (exact) mass is 416 g/mol. The third-order valence-electron chi connectivity index (χ3n) is 4.92. The predicted molar refractivity (Wildman–Crippen MR) is 109 cm³/mol. The van der Waals surface area contributed by atoms with Crippen molar-refractivity contribution in [3.05, 3.63) is 16.1 Å². The van der Waals surface area contributed by atoms with Crippen LogP contribution in [0.5, 0.6) is 0 Å². The number of nitrogens with zero attached hydrogens (tertiary/aromatic N) is 3. The van der Waals surface area contributed by atoms with Gasteiger partial charge in [-0.05, 0) is 32.6 Å². The molecule has 0 aliphatic carbocycles. The van der Waals surface area contributed by atoms with E-state index in [1.807, 2.05) is 6.92 Å². The minimum atomic E-state index is -3.42. The summed E-state index contributed by atoms with van der Waals surface area (Å²) in [6.07, 6.45) is 4.98. The third kappa shape index (κ3) is 5.97. The molecule has 0 radical (unpaired) electrons. The molecule has 1 fully saturated rings. The summed E-state index contributed by atoms with van der Waals surface area (Å²) in [6.45, 7) is 8.03. The first-order chi connectivity index (χ1) is 12.9. The Balaban J connectivity index is 1.92. The van der Waals surface area contributed by atoms with Crippen LogP contribution >= 0.6 is 11.3 Å². The maximum absolute atomic E-state index is 13.0. The normalized spacial score (nSPS) is 16.7. The Morgan fingerprint density at radius 2 is 1.85 bits per heavy atom. The lowest BCUT2D eigenvalue weighted by Crippen LogP contribution is -2.51. The number of rotatable bonds is 10. The van der Waals surface area contributed by atoms with Crippen LogP contribution in [0.25, 0.3) is 0 Å². The minimum absolute atomic E-state index is 0.00480. The second-order valence-electron chi connectivity index (χ2n) is 7.03. The van der Waals surface area contributed by atoms with Gasteiger partial charge in [0.15, 0.2) is 0 Å². The molecule has 0 bridgehead atoms. The molecule has 1 aliphatic heterocycles. The largest absolute Gasteiger partial charge is 0.348 e. The van der Waals surface area contributed by atoms with Crippen molar-refractivity contribution in [2.24, 2.45) is 0 Å². The molecule has 2 heterocycles. The minimum Gasteiger partial charge on any atom is -0.348 e. The van der Waals surface area contributed by atoms with Gasteiger partial charge in [-0.15, -0.1) is 11.3 Å². The maximum atomic E-state index is 13.0. The summed E-state index contributed by atoms with van der Waals surface area (Å²) in [5, 5.41) is 3.03. The van der Waals surface area contributed by atoms with E-state index >= 15 is 0 Å². The zero-order valence-corrected chi connectivity index (χ0v) is 18.2. The Kier molecular flexibility index (Phi) is 8.65. The van der Waals surface area contributed by atoms with Crippen LogP contribution < -0.4 is 5.32 Å². The lowest BCUT2D eigenvalue weighted by atomic mass is 10.1. The van der Waals surface area contributed by atoms with Gasteiger partial charge in [-0.1, -0.05) is 26.7 Å². The van der Waals surface area contributed by atoms with Crippen molar-refractivity contribution in [3.63, 3.8) is 0 Å². The quantitative estimate of drug-likeness (QED) is 0.636. The Hall–Kier alpha value is -1.03. The highest BCUT2D eigenvalue weighted by Gasteiger charge is 2.33. The summed E-state index contributed by atoms with van der Waals surface area (Å²) >= 11 is 1.33. The van der Waals surface area contributed by atoms with Crippen molar-refractivity contribution >= 4 is 27.5 Å². The van der Waals surface area contributed by atoms with E-state index in [2.05, 4.69) is 24.1 Å². The lowest BCUT2D eigenvalue weighted by Gasteiger charge is -2.35. The molecular formula is C18H32N4O3S2. The maximum Gasteiger partial charge on any atom is 0.281 e. The number of hydrogen-bond acceptors (Lipinski definition) is 5. The topological polar surface area (TPSA) is 82.6 Å². The van der Waals surface area contributed by atoms with Crippen LogP contribution in [0.1, 0.15) is 67.7 Å². The third-order valence-corrected chi connectivity index (χ3v) is 7.88. The molecule has 1 amide bonds. The highest BCUT2D eigenvalue weighted by Crippen LogP contribution is 2.19. The van der Waals surface area contributed by atoms with E-state index in [1.165, 1.54) is 11.3 Å². The first kappa shape index (κ1) is 22.3. The van der Waals surface area contributed by atoms with E-state index in [1.54, 1.807) is 14.1 Å². The molecule has 1 aliphatic rings. The highest BCUT2D eigenvalue weighted by molar-refractivity contribution is 7.86. The van der Waals surface area contributed by atoms with Crippen LogP contribution in [-0.4, -0.2) is 60.1 Å². The fourth-order valence-corrected chi connectivity index (χ4v) is 5.60. The van der Waals surface area contributed by atoms with Crippen LogP contribution in [0.3, 0.4) is 0 Å². The zero-order valence-electron chi connectivity index (χ0n) is 16.6. The van der Waals surface area contributed by atoms with Gasteiger partial charge >= 0.3 is 0 Å². The van der Waals surface area contributed by atoms with Crippen LogP contribution in [0.4, 0.5) is 0 Å². The van der Waals surface area contributed by atoms with E-state index in [-0.39, 0.29) is 11.9 Å². The summed E-state index contributed by atoms with van der Waals surface area (Å²) < 4.78 is 29.3. The molecule has 0 spiro atoms. The van der Waals surface area contributed by atoms with Crippen molar-refractivity contribution < 1.29 is 13.2 Å². The van der Waals surface area contributed by atoms with Crippen LogP contribution in [0.15, 0.2) is 5.51 Å². The smallest absolute Gasteiger partial charge is 0.281 e. The van der Waals surface area contributed by atoms with Gasteiger partial charge in [-0.3, -0.25) is 4.79 Å². The van der Waals surface area contributed by atoms with E-state index < -0.39 is 10.2 Å². The average Bonchev–Trinajstić information content (AvgIpc) is 3.08. The van der Waals surface area contributed by atoms with Gasteiger partial charge < -0.3 is 5.32 Å². The predicted octanol–water partition coefficient (Wildman–Crippen LogP) is 2.79. The summed E-state index contributed by atoms with van der Waals surface area (Å²) in [7, 11) is -3.42. The van der Waals surface area contributed by atoms with Gasteiger partial charge in [-0.2, -0.15) is 17.0 Å². The number of aryl methyl sites for hydroxylation is 1. The molecule has 1 N–H and O–H groups in total. The van der Waals surface area contributed by atoms with Crippen molar-refractivity contribution in [1.29, 1.82) is 0 Å². The second-order valence-corrected chi connectivity index (χ2v) is 9.81. The summed E-state index contributed by atoms with van der Waals surface area (Å²) in [5.41, 5.74) is 2.40. The molecule has 1 saturated heterocycles. The number of carbonyl (C=O) groups is 1. The first-order valence-corrected chi connectivity index (χ1v) is 12.1. The molecule has 0 atom stereocenters. The van der Waals surface area contributed by atoms with Crippen LogP contribution in [0, 0.1) is 6.92 Å². The second kappa shape index (κ2) is 10.5. The Morgan fingerprint density at radius 1 is 1.26 bits per heavy atom. The van der Waals surface area contributed by atoms with Gasteiger partial charge in [-0.25, -0.2) is 4.98 Å². The number of nitrogens with one attached hydrogen (secondary N) is 1. The molecular weight excluding hydrogens is 384 g/mol. The molecule has 1 aromatic heterocycles. The number of unbranched alkanes of at least 4 members (excludes halogenated alkanes) is 2. The zero-order chi connectivity index (χ0) is 19.9. The molecule has 2 rings (SSSR count). The SMILES string of the molecule is CCCCN(CCCC)S(=O)(=O)N1CCC(NC(=O)c2scnc2C)CC1. The Morgan fingerprint density at radius 3 is 2.33 bits per heavy atom. The molecule has 1 aromatic rings. The number of aromatic nitrogens is 1. The molecule has 9 heteroatoms. The van der Waals surface area contributed by atoms with Gasteiger partial charge in [0.25, 0.3) is 16.1 Å². The Bertz CT molecular complexity index is 689. The van der Waals surface area contributed by atoms with E-state index in [4.69, 9.17) is 0 Å². The average molecular weight is 417 g/mol. The summed E-state index contributed by atoms with van der Waals surface area (Å²) in [6, 6.07) is 0.00480. The number of amides is 1. The van der Waals surface area contributed by atoms with Gasteiger partial charge in [0, 0.05) is 32.2 Å². The van der Waals surface area contributed by atoms with Crippen molar-refractivity contribution in [3.8, 4) is 0 Å². The Labute approximate surface area is 167 Å². The van der Waals surface area contributed by atoms with E-state index in [0.29, 0.717) is 43.9 Å². The number of thiazole rings is 1. The molecule has 27 heavy (non-hydrogen) atoms. The van der Waals surface area contributed by atoms with Gasteiger partial charge in [0.1, 0.15) is 4.88 Å². The number of carbonyl (C=O) groups excluding carboxylic acids is 1. The summed E-state index contributed by atoms with van der Waals surface area (Å²) in [5.74, 6) is -0.108. The fraction of sp³-hybridized carbons (Fsp3) is 0.778. The van der Waals surface area contributed by atoms with Crippen molar-refractivity contribution in [1.82, 2.24) is 18.9 Å². The standard InChI is InChI=1S/C18H32N4O3S2/c1-4-6-10-21(11-7-5-2)27(24,25)22-12-8-16(9-13-22)20-18(23)17-15(3)19-14-26-17/h14,16H,4-13H2,1-3H3,(H,20,23). The number of hydrogen-bond donors (Lipinski definition) is 1.